The first-order chi connectivity index (χ1) is 15.7. The van der Waals surface area contributed by atoms with Crippen LogP contribution in [0.1, 0.15) is 24.0 Å². The first-order valence-electron chi connectivity index (χ1n) is 9.76. The second-order valence-electron chi connectivity index (χ2n) is 7.17. The van der Waals surface area contributed by atoms with Crippen LogP contribution >= 0.6 is 0 Å². The molecule has 0 fully saturated rings. The number of aliphatic carboxylic acids is 2. The molecule has 0 amide bonds. The minimum Gasteiger partial charge on any atom is -0.550 e. The number of carboxylic acids is 2. The van der Waals surface area contributed by atoms with Gasteiger partial charge in [-0.3, -0.25) is 0 Å². The molecule has 33 heavy (non-hydrogen) atoms. The summed E-state index contributed by atoms with van der Waals surface area (Å²) in [5.74, 6) is -2.67. The smallest absolute Gasteiger partial charge is 0.241 e. The number of fused-ring (bicyclic) bond motifs is 1. The fourth-order valence-corrected chi connectivity index (χ4v) is 4.30. The number of sulfonamides is 1. The van der Waals surface area contributed by atoms with Gasteiger partial charge in [-0.25, -0.2) is 13.1 Å². The monoisotopic (exact) mass is 466 g/mol. The van der Waals surface area contributed by atoms with Crippen molar-refractivity contribution in [3.8, 4) is 11.8 Å². The molecule has 0 aliphatic carbocycles. The molecule has 0 aliphatic heterocycles. The van der Waals surface area contributed by atoms with Crippen molar-refractivity contribution < 1.29 is 33.0 Å². The molecule has 3 rings (SSSR count). The maximum absolute atomic E-state index is 12.6. The van der Waals surface area contributed by atoms with E-state index in [9.17, 15) is 28.2 Å². The molecule has 0 radical (unpaired) electrons. The third-order valence-corrected chi connectivity index (χ3v) is 6.27. The third-order valence-electron chi connectivity index (χ3n) is 4.80. The number of benzene rings is 3. The SMILES string of the molecule is N#Cc1ccc(COc2ccc3cc(S(=O)(=O)N[C@H](CCC(=O)[O-])C(=O)[O-])ccc3c2)cc1. The second kappa shape index (κ2) is 10.1. The zero-order valence-electron chi connectivity index (χ0n) is 17.2. The van der Waals surface area contributed by atoms with Gasteiger partial charge in [-0.1, -0.05) is 24.3 Å². The molecule has 1 N–H and O–H groups in total. The van der Waals surface area contributed by atoms with Crippen molar-refractivity contribution in [3.05, 3.63) is 71.8 Å². The standard InChI is InChI=1S/C23H20N2O7S/c24-13-15-1-3-16(4-2-15)14-32-19-7-5-18-12-20(8-6-17(18)11-19)33(30,31)25-21(23(28)29)9-10-22(26)27/h1-8,11-12,21,25H,9-10,14H2,(H,26,27)(H,28,29)/p-2/t21-/m1/s1. The lowest BCUT2D eigenvalue weighted by atomic mass is 10.1. The van der Waals surface area contributed by atoms with E-state index in [1.807, 2.05) is 10.8 Å². The van der Waals surface area contributed by atoms with Crippen molar-refractivity contribution in [1.82, 2.24) is 4.72 Å². The van der Waals surface area contributed by atoms with Crippen molar-refractivity contribution in [1.29, 1.82) is 5.26 Å². The Labute approximate surface area is 189 Å². The number of hydrogen-bond acceptors (Lipinski definition) is 8. The Hall–Kier alpha value is -3.94. The van der Waals surface area contributed by atoms with Gasteiger partial charge in [0.15, 0.2) is 0 Å². The van der Waals surface area contributed by atoms with E-state index in [-0.39, 0.29) is 11.5 Å². The van der Waals surface area contributed by atoms with Gasteiger partial charge >= 0.3 is 0 Å². The summed E-state index contributed by atoms with van der Waals surface area (Å²) in [6, 6.07) is 16.6. The van der Waals surface area contributed by atoms with E-state index < -0.39 is 40.8 Å². The molecule has 0 spiro atoms. The molecule has 170 valence electrons. The van der Waals surface area contributed by atoms with Gasteiger partial charge in [-0.2, -0.15) is 5.26 Å². The third kappa shape index (κ3) is 6.29. The topological polar surface area (TPSA) is 159 Å². The Balaban J connectivity index is 1.74. The minimum atomic E-state index is -4.24. The number of nitrogens with zero attached hydrogens (tertiary/aromatic N) is 1. The number of nitriles is 1. The van der Waals surface area contributed by atoms with E-state index in [4.69, 9.17) is 10.00 Å². The van der Waals surface area contributed by atoms with Crippen molar-refractivity contribution in [2.24, 2.45) is 0 Å². The van der Waals surface area contributed by atoms with Crippen molar-refractivity contribution in [3.63, 3.8) is 0 Å². The summed E-state index contributed by atoms with van der Waals surface area (Å²) < 4.78 is 32.9. The number of hydrogen-bond donors (Lipinski definition) is 1. The summed E-state index contributed by atoms with van der Waals surface area (Å²) in [5, 5.41) is 31.9. The minimum absolute atomic E-state index is 0.180. The maximum atomic E-state index is 12.6. The molecule has 10 heteroatoms. The van der Waals surface area contributed by atoms with E-state index in [1.54, 1.807) is 48.5 Å². The van der Waals surface area contributed by atoms with Crippen LogP contribution in [0.2, 0.25) is 0 Å². The van der Waals surface area contributed by atoms with E-state index in [2.05, 4.69) is 0 Å². The van der Waals surface area contributed by atoms with E-state index in [0.29, 0.717) is 22.1 Å². The molecule has 0 saturated carbocycles. The van der Waals surface area contributed by atoms with Gasteiger partial charge in [0.05, 0.1) is 28.5 Å². The van der Waals surface area contributed by atoms with Gasteiger partial charge in [-0.05, 0) is 65.6 Å². The molecule has 0 saturated heterocycles. The highest BCUT2D eigenvalue weighted by atomic mass is 32.2. The lowest BCUT2D eigenvalue weighted by Crippen LogP contribution is -2.48. The molecule has 1 atom stereocenters. The number of rotatable bonds is 10. The fraction of sp³-hybridized carbons (Fsp3) is 0.174. The zero-order valence-corrected chi connectivity index (χ0v) is 18.0. The van der Waals surface area contributed by atoms with Crippen LogP contribution in [0.4, 0.5) is 0 Å². The highest BCUT2D eigenvalue weighted by Gasteiger charge is 2.21. The largest absolute Gasteiger partial charge is 0.550 e. The quantitative estimate of drug-likeness (QED) is 0.444. The van der Waals surface area contributed by atoms with Gasteiger partial charge in [-0.15, -0.1) is 0 Å². The summed E-state index contributed by atoms with van der Waals surface area (Å²) in [6.45, 7) is 0.282. The lowest BCUT2D eigenvalue weighted by Gasteiger charge is -2.20. The highest BCUT2D eigenvalue weighted by molar-refractivity contribution is 7.89. The van der Waals surface area contributed by atoms with Crippen LogP contribution in [0.25, 0.3) is 10.8 Å². The van der Waals surface area contributed by atoms with Crippen molar-refractivity contribution in [2.45, 2.75) is 30.4 Å². The van der Waals surface area contributed by atoms with Crippen LogP contribution in [0.5, 0.6) is 5.75 Å². The summed E-state index contributed by atoms with van der Waals surface area (Å²) in [4.78, 5) is 21.6. The van der Waals surface area contributed by atoms with Crippen LogP contribution < -0.4 is 19.7 Å². The normalized spacial score (nSPS) is 12.1. The molecule has 9 nitrogen and oxygen atoms in total. The van der Waals surface area contributed by atoms with Gasteiger partial charge in [0.25, 0.3) is 0 Å². The molecule has 3 aromatic rings. The van der Waals surface area contributed by atoms with Crippen LogP contribution in [0.15, 0.2) is 65.6 Å². The lowest BCUT2D eigenvalue weighted by molar-refractivity contribution is -0.309. The molecule has 0 unspecified atom stereocenters. The number of carbonyl (C=O) groups is 2. The van der Waals surface area contributed by atoms with E-state index in [0.717, 1.165) is 5.56 Å². The summed E-state index contributed by atoms with van der Waals surface area (Å²) in [7, 11) is -4.24. The molecule has 0 bridgehead atoms. The van der Waals surface area contributed by atoms with Gasteiger partial charge in [0, 0.05) is 5.97 Å². The average Bonchev–Trinajstić information content (AvgIpc) is 2.80. The van der Waals surface area contributed by atoms with E-state index >= 15 is 0 Å². The van der Waals surface area contributed by atoms with Crippen LogP contribution in [-0.4, -0.2) is 26.4 Å². The van der Waals surface area contributed by atoms with Crippen molar-refractivity contribution >= 4 is 32.7 Å². The van der Waals surface area contributed by atoms with Crippen molar-refractivity contribution in [2.75, 3.05) is 0 Å². The maximum Gasteiger partial charge on any atom is 0.241 e. The first kappa shape index (κ1) is 23.7. The number of carbonyl (C=O) groups excluding carboxylic acids is 2. The molecule has 0 aromatic heterocycles. The number of nitrogens with one attached hydrogen (secondary N) is 1. The van der Waals surface area contributed by atoms with Gasteiger partial charge in [0.2, 0.25) is 10.0 Å². The fourth-order valence-electron chi connectivity index (χ4n) is 3.04. The number of ether oxygens (including phenoxy) is 1. The van der Waals surface area contributed by atoms with E-state index in [1.165, 1.54) is 12.1 Å². The Morgan fingerprint density at radius 1 is 1.00 bits per heavy atom. The van der Waals surface area contributed by atoms with Crippen LogP contribution in [-0.2, 0) is 26.2 Å². The molecular formula is C23H18N2O7S-2. The Morgan fingerprint density at radius 2 is 1.67 bits per heavy atom. The Kier molecular flexibility index (Phi) is 7.27. The molecular weight excluding hydrogens is 448 g/mol. The summed E-state index contributed by atoms with van der Waals surface area (Å²) in [6.07, 6.45) is -1.14. The highest BCUT2D eigenvalue weighted by Crippen LogP contribution is 2.25. The molecule has 3 aromatic carbocycles. The second-order valence-corrected chi connectivity index (χ2v) is 8.89. The predicted molar refractivity (Wildman–Crippen MR) is 113 cm³/mol. The Morgan fingerprint density at radius 3 is 2.30 bits per heavy atom. The average molecular weight is 466 g/mol. The van der Waals surface area contributed by atoms with Gasteiger partial charge < -0.3 is 24.5 Å². The summed E-state index contributed by atoms with van der Waals surface area (Å²) >= 11 is 0. The molecule has 0 aliphatic rings. The van der Waals surface area contributed by atoms with Crippen LogP contribution in [0.3, 0.4) is 0 Å². The first-order valence-corrected chi connectivity index (χ1v) is 11.2. The van der Waals surface area contributed by atoms with Gasteiger partial charge in [0.1, 0.15) is 12.4 Å². The predicted octanol–water partition coefficient (Wildman–Crippen LogP) is 0.217. The summed E-state index contributed by atoms with van der Waals surface area (Å²) in [5.41, 5.74) is 1.43. The molecule has 0 heterocycles. The van der Waals surface area contributed by atoms with Crippen LogP contribution in [0, 0.1) is 11.3 Å². The zero-order chi connectivity index (χ0) is 24.0. The Bertz CT molecular complexity index is 1330. The number of carboxylic acid groups (broad SMARTS) is 2.